The highest BCUT2D eigenvalue weighted by Crippen LogP contribution is 2.31. The molecule has 1 amide bonds. The van der Waals surface area contributed by atoms with Crippen molar-refractivity contribution in [1.29, 1.82) is 0 Å². The minimum absolute atomic E-state index is 0.122. The Morgan fingerprint density at radius 2 is 1.77 bits per heavy atom. The maximum atomic E-state index is 12.6. The minimum Gasteiger partial charge on any atom is -0.298 e. The number of sulfone groups is 1. The third-order valence-electron chi connectivity index (χ3n) is 3.91. The van der Waals surface area contributed by atoms with Crippen LogP contribution in [-0.2, 0) is 14.6 Å². The summed E-state index contributed by atoms with van der Waals surface area (Å²) in [6.07, 6.45) is 0. The second kappa shape index (κ2) is 7.47. The Kier molecular flexibility index (Phi) is 5.29. The lowest BCUT2D eigenvalue weighted by atomic mass is 10.1. The number of amides is 1. The molecule has 2 aromatic carbocycles. The van der Waals surface area contributed by atoms with Gasteiger partial charge in [-0.1, -0.05) is 59.8 Å². The molecule has 0 bridgehead atoms. The summed E-state index contributed by atoms with van der Waals surface area (Å²) in [5.74, 6) is -0.387. The number of aryl methyl sites for hydroxylation is 1. The molecule has 0 spiro atoms. The van der Waals surface area contributed by atoms with E-state index in [2.05, 4.69) is 0 Å². The highest BCUT2D eigenvalue weighted by atomic mass is 32.2. The molecule has 1 fully saturated rings. The minimum atomic E-state index is -3.71. The molecule has 0 aromatic heterocycles. The fourth-order valence-corrected chi connectivity index (χ4v) is 4.91. The normalized spacial score (nSPS) is 16.3. The highest BCUT2D eigenvalue weighted by molar-refractivity contribution is 8.05. The lowest BCUT2D eigenvalue weighted by Gasteiger charge is -2.16. The Morgan fingerprint density at radius 3 is 2.42 bits per heavy atom. The molecule has 1 saturated heterocycles. The van der Waals surface area contributed by atoms with Gasteiger partial charge < -0.3 is 0 Å². The summed E-state index contributed by atoms with van der Waals surface area (Å²) in [5, 5.41) is 1.35. The first-order valence-electron chi connectivity index (χ1n) is 7.92. The summed E-state index contributed by atoms with van der Waals surface area (Å²) < 4.78 is 25.2. The Hall–Kier alpha value is -2.38. The van der Waals surface area contributed by atoms with Crippen LogP contribution in [0.2, 0.25) is 0 Å². The summed E-state index contributed by atoms with van der Waals surface area (Å²) in [7, 11) is -3.71. The summed E-state index contributed by atoms with van der Waals surface area (Å²) in [6, 6.07) is 15.1. The van der Waals surface area contributed by atoms with E-state index in [9.17, 15) is 18.0 Å². The van der Waals surface area contributed by atoms with Crippen molar-refractivity contribution in [1.82, 2.24) is 4.90 Å². The number of ketones is 1. The number of rotatable bonds is 5. The van der Waals surface area contributed by atoms with Gasteiger partial charge in [-0.15, -0.1) is 0 Å². The van der Waals surface area contributed by atoms with Crippen molar-refractivity contribution < 1.29 is 18.0 Å². The van der Waals surface area contributed by atoms with Crippen molar-refractivity contribution >= 4 is 33.3 Å². The maximum Gasteiger partial charge on any atom is 0.238 e. The second-order valence-electron chi connectivity index (χ2n) is 5.87. The molecule has 134 valence electrons. The molecule has 5 nitrogen and oxygen atoms in total. The SMILES string of the molecule is Cc1ccc(S(=O)(=O)C=C2SCC(=O)N2CC(=O)c2ccccc2)cc1. The van der Waals surface area contributed by atoms with Gasteiger partial charge in [-0.3, -0.25) is 14.5 Å². The standard InChI is InChI=1S/C19H17NO4S2/c1-14-7-9-16(10-8-14)26(23,24)13-19-20(18(22)12-25-19)11-17(21)15-5-3-2-4-6-15/h2-10,13H,11-12H2,1H3. The molecule has 0 aliphatic carbocycles. The van der Waals surface area contributed by atoms with Crippen LogP contribution in [0.5, 0.6) is 0 Å². The molecule has 2 aromatic rings. The van der Waals surface area contributed by atoms with Crippen molar-refractivity contribution in [2.45, 2.75) is 11.8 Å². The van der Waals surface area contributed by atoms with Crippen LogP contribution >= 0.6 is 11.8 Å². The number of benzene rings is 2. The predicted octanol–water partition coefficient (Wildman–Crippen LogP) is 3.03. The van der Waals surface area contributed by atoms with Crippen LogP contribution in [-0.4, -0.2) is 37.3 Å². The van der Waals surface area contributed by atoms with Gasteiger partial charge in [-0.05, 0) is 19.1 Å². The van der Waals surface area contributed by atoms with Gasteiger partial charge >= 0.3 is 0 Å². The molecule has 1 heterocycles. The number of hydrogen-bond donors (Lipinski definition) is 0. The van der Waals surface area contributed by atoms with Gasteiger partial charge in [0.05, 0.1) is 27.6 Å². The van der Waals surface area contributed by atoms with Gasteiger partial charge in [-0.25, -0.2) is 8.42 Å². The molecule has 1 aliphatic rings. The van der Waals surface area contributed by atoms with E-state index in [1.54, 1.807) is 42.5 Å². The third kappa shape index (κ3) is 4.05. The molecule has 7 heteroatoms. The van der Waals surface area contributed by atoms with E-state index >= 15 is 0 Å². The molecule has 26 heavy (non-hydrogen) atoms. The van der Waals surface area contributed by atoms with Crippen molar-refractivity contribution in [3.8, 4) is 0 Å². The molecular weight excluding hydrogens is 370 g/mol. The number of nitrogens with zero attached hydrogens (tertiary/aromatic N) is 1. The Balaban J connectivity index is 1.86. The van der Waals surface area contributed by atoms with Crippen molar-refractivity contribution in [2.24, 2.45) is 0 Å². The van der Waals surface area contributed by atoms with Crippen LogP contribution in [0.3, 0.4) is 0 Å². The Bertz CT molecular complexity index is 964. The van der Waals surface area contributed by atoms with Crippen LogP contribution < -0.4 is 0 Å². The van der Waals surface area contributed by atoms with E-state index in [1.165, 1.54) is 17.0 Å². The first-order valence-corrected chi connectivity index (χ1v) is 10.4. The first-order chi connectivity index (χ1) is 12.4. The summed E-state index contributed by atoms with van der Waals surface area (Å²) >= 11 is 1.13. The summed E-state index contributed by atoms with van der Waals surface area (Å²) in [4.78, 5) is 25.9. The molecule has 0 unspecified atom stereocenters. The first kappa shape index (κ1) is 18.4. The quantitative estimate of drug-likeness (QED) is 0.738. The molecule has 0 N–H and O–H groups in total. The van der Waals surface area contributed by atoms with Gasteiger partial charge in [-0.2, -0.15) is 0 Å². The number of carbonyl (C=O) groups excluding carboxylic acids is 2. The monoisotopic (exact) mass is 387 g/mol. The zero-order valence-corrected chi connectivity index (χ0v) is 15.7. The average molecular weight is 387 g/mol. The van der Waals surface area contributed by atoms with E-state index < -0.39 is 9.84 Å². The van der Waals surface area contributed by atoms with Crippen LogP contribution in [0.25, 0.3) is 0 Å². The van der Waals surface area contributed by atoms with Crippen LogP contribution in [0.1, 0.15) is 15.9 Å². The fourth-order valence-electron chi connectivity index (χ4n) is 2.47. The highest BCUT2D eigenvalue weighted by Gasteiger charge is 2.30. The van der Waals surface area contributed by atoms with Crippen molar-refractivity contribution in [2.75, 3.05) is 12.3 Å². The average Bonchev–Trinajstić information content (AvgIpc) is 2.95. The predicted molar refractivity (Wildman–Crippen MR) is 101 cm³/mol. The van der Waals surface area contributed by atoms with Crippen LogP contribution in [0.15, 0.2) is 69.9 Å². The van der Waals surface area contributed by atoms with E-state index in [4.69, 9.17) is 0 Å². The maximum absolute atomic E-state index is 12.6. The lowest BCUT2D eigenvalue weighted by molar-refractivity contribution is -0.125. The van der Waals surface area contributed by atoms with Crippen LogP contribution in [0, 0.1) is 6.92 Å². The van der Waals surface area contributed by atoms with E-state index in [1.807, 2.05) is 6.92 Å². The number of carbonyl (C=O) groups is 2. The number of hydrogen-bond acceptors (Lipinski definition) is 5. The molecule has 0 saturated carbocycles. The zero-order chi connectivity index (χ0) is 18.7. The largest absolute Gasteiger partial charge is 0.298 e. The number of thioether (sulfide) groups is 1. The Morgan fingerprint density at radius 1 is 1.12 bits per heavy atom. The zero-order valence-electron chi connectivity index (χ0n) is 14.1. The van der Waals surface area contributed by atoms with Gasteiger partial charge in [0.25, 0.3) is 0 Å². The molecule has 1 aliphatic heterocycles. The lowest BCUT2D eigenvalue weighted by Crippen LogP contribution is -2.30. The third-order valence-corrected chi connectivity index (χ3v) is 6.55. The second-order valence-corrected chi connectivity index (χ2v) is 8.66. The van der Waals surface area contributed by atoms with Crippen molar-refractivity contribution in [3.63, 3.8) is 0 Å². The van der Waals surface area contributed by atoms with Gasteiger partial charge in [0, 0.05) is 5.56 Å². The summed E-state index contributed by atoms with van der Waals surface area (Å²) in [6.45, 7) is 1.70. The van der Waals surface area contributed by atoms with Crippen LogP contribution in [0.4, 0.5) is 0 Å². The molecule has 3 rings (SSSR count). The van der Waals surface area contributed by atoms with Gasteiger partial charge in [0.2, 0.25) is 15.7 Å². The number of Topliss-reactive ketones (excluding diaryl/α,β-unsaturated/α-hetero) is 1. The fraction of sp³-hybridized carbons (Fsp3) is 0.158. The van der Waals surface area contributed by atoms with Gasteiger partial charge in [0.15, 0.2) is 5.78 Å². The van der Waals surface area contributed by atoms with E-state index in [0.29, 0.717) is 5.56 Å². The van der Waals surface area contributed by atoms with Crippen molar-refractivity contribution in [3.05, 3.63) is 76.2 Å². The molecule has 0 radical (unpaired) electrons. The van der Waals surface area contributed by atoms with Gasteiger partial charge in [0.1, 0.15) is 0 Å². The molecular formula is C19H17NO4S2. The smallest absolute Gasteiger partial charge is 0.238 e. The topological polar surface area (TPSA) is 71.5 Å². The molecule has 0 atom stereocenters. The van der Waals surface area contributed by atoms with E-state index in [0.717, 1.165) is 22.7 Å². The summed E-state index contributed by atoms with van der Waals surface area (Å²) in [5.41, 5.74) is 1.44. The van der Waals surface area contributed by atoms with E-state index in [-0.39, 0.29) is 33.9 Å². The Labute approximate surface area is 156 Å².